The average molecular weight is 395 g/mol. The van der Waals surface area contributed by atoms with E-state index in [1.54, 1.807) is 0 Å². The van der Waals surface area contributed by atoms with E-state index >= 15 is 0 Å². The molecule has 1 aliphatic rings. The van der Waals surface area contributed by atoms with Crippen molar-refractivity contribution in [2.45, 2.75) is 4.90 Å². The van der Waals surface area contributed by atoms with Gasteiger partial charge in [0, 0.05) is 13.1 Å². The number of nitrogens with zero attached hydrogens (tertiary/aromatic N) is 1. The Morgan fingerprint density at radius 2 is 1.78 bits per heavy atom. The minimum absolute atomic E-state index is 0.0342. The zero-order valence-corrected chi connectivity index (χ0v) is 15.4. The Kier molecular flexibility index (Phi) is 5.73. The van der Waals surface area contributed by atoms with Crippen LogP contribution in [0.25, 0.3) is 0 Å². The average Bonchev–Trinajstić information content (AvgIpc) is 2.69. The molecular weight excluding hydrogens is 377 g/mol. The van der Waals surface area contributed by atoms with Gasteiger partial charge in [-0.25, -0.2) is 17.6 Å². The second-order valence-electron chi connectivity index (χ2n) is 5.73. The Balaban J connectivity index is 1.90. The first kappa shape index (κ1) is 19.3. The predicted molar refractivity (Wildman–Crippen MR) is 93.9 cm³/mol. The van der Waals surface area contributed by atoms with Crippen molar-refractivity contribution in [3.8, 4) is 11.5 Å². The predicted octanol–water partition coefficient (Wildman–Crippen LogP) is 2.07. The van der Waals surface area contributed by atoms with Crippen molar-refractivity contribution in [3.63, 3.8) is 0 Å². The summed E-state index contributed by atoms with van der Waals surface area (Å²) in [6.45, 7) is 1.03. The molecule has 1 fully saturated rings. The molecule has 0 saturated carbocycles. The highest BCUT2D eigenvalue weighted by Crippen LogP contribution is 2.29. The number of halogens is 1. The van der Waals surface area contributed by atoms with Gasteiger partial charge in [0.2, 0.25) is 10.0 Å². The van der Waals surface area contributed by atoms with E-state index in [2.05, 4.69) is 0 Å². The lowest BCUT2D eigenvalue weighted by Crippen LogP contribution is -2.40. The SMILES string of the molecule is COc1ccc(C(=O)Oc2ccc(F)cc2)cc1S(=O)(=O)N1CCOCC1. The Morgan fingerprint density at radius 1 is 1.11 bits per heavy atom. The smallest absolute Gasteiger partial charge is 0.343 e. The maximum Gasteiger partial charge on any atom is 0.343 e. The number of rotatable bonds is 5. The first-order chi connectivity index (χ1) is 12.9. The van der Waals surface area contributed by atoms with Crippen LogP contribution in [-0.2, 0) is 14.8 Å². The number of carbonyl (C=O) groups is 1. The first-order valence-corrected chi connectivity index (χ1v) is 9.59. The molecule has 1 saturated heterocycles. The van der Waals surface area contributed by atoms with Crippen LogP contribution in [0.15, 0.2) is 47.4 Å². The lowest BCUT2D eigenvalue weighted by Gasteiger charge is -2.26. The van der Waals surface area contributed by atoms with Crippen molar-refractivity contribution in [2.75, 3.05) is 33.4 Å². The molecule has 0 spiro atoms. The fourth-order valence-electron chi connectivity index (χ4n) is 2.60. The van der Waals surface area contributed by atoms with Crippen molar-refractivity contribution in [1.29, 1.82) is 0 Å². The molecular formula is C18H18FNO6S. The van der Waals surface area contributed by atoms with Gasteiger partial charge in [-0.15, -0.1) is 0 Å². The van der Waals surface area contributed by atoms with E-state index < -0.39 is 21.8 Å². The van der Waals surface area contributed by atoms with Gasteiger partial charge in [0.25, 0.3) is 0 Å². The van der Waals surface area contributed by atoms with Crippen molar-refractivity contribution in [2.24, 2.45) is 0 Å². The van der Waals surface area contributed by atoms with Crippen LogP contribution >= 0.6 is 0 Å². The third-order valence-corrected chi connectivity index (χ3v) is 5.93. The van der Waals surface area contributed by atoms with Gasteiger partial charge in [-0.2, -0.15) is 4.31 Å². The molecule has 0 aromatic heterocycles. The molecule has 2 aromatic rings. The molecule has 7 nitrogen and oxygen atoms in total. The molecule has 1 aliphatic heterocycles. The van der Waals surface area contributed by atoms with Crippen LogP contribution in [0.1, 0.15) is 10.4 Å². The fraction of sp³-hybridized carbons (Fsp3) is 0.278. The number of esters is 1. The van der Waals surface area contributed by atoms with Gasteiger partial charge in [-0.05, 0) is 42.5 Å². The number of sulfonamides is 1. The number of carbonyl (C=O) groups excluding carboxylic acids is 1. The fourth-order valence-corrected chi connectivity index (χ4v) is 4.19. The summed E-state index contributed by atoms with van der Waals surface area (Å²) >= 11 is 0. The zero-order valence-electron chi connectivity index (χ0n) is 14.6. The molecule has 0 bridgehead atoms. The van der Waals surface area contributed by atoms with Crippen molar-refractivity contribution >= 4 is 16.0 Å². The van der Waals surface area contributed by atoms with Crippen LogP contribution in [-0.4, -0.2) is 52.1 Å². The van der Waals surface area contributed by atoms with E-state index in [0.717, 1.165) is 12.1 Å². The molecule has 144 valence electrons. The molecule has 27 heavy (non-hydrogen) atoms. The number of morpholine rings is 1. The number of benzene rings is 2. The summed E-state index contributed by atoms with van der Waals surface area (Å²) in [5, 5.41) is 0. The third kappa shape index (κ3) is 4.26. The van der Waals surface area contributed by atoms with Gasteiger partial charge < -0.3 is 14.2 Å². The number of ether oxygens (including phenoxy) is 3. The lowest BCUT2D eigenvalue weighted by molar-refractivity contribution is 0.0726. The number of methoxy groups -OCH3 is 1. The summed E-state index contributed by atoms with van der Waals surface area (Å²) in [5.41, 5.74) is 0.0342. The molecule has 2 aromatic carbocycles. The van der Waals surface area contributed by atoms with Crippen LogP contribution in [0.3, 0.4) is 0 Å². The maximum atomic E-state index is 13.0. The minimum Gasteiger partial charge on any atom is -0.495 e. The van der Waals surface area contributed by atoms with Crippen molar-refractivity contribution in [3.05, 3.63) is 53.8 Å². The summed E-state index contributed by atoms with van der Waals surface area (Å²) in [6.07, 6.45) is 0. The highest BCUT2D eigenvalue weighted by molar-refractivity contribution is 7.89. The quantitative estimate of drug-likeness (QED) is 0.570. The molecule has 0 aliphatic carbocycles. The number of hydrogen-bond acceptors (Lipinski definition) is 6. The molecule has 0 unspecified atom stereocenters. The summed E-state index contributed by atoms with van der Waals surface area (Å²) in [6, 6.07) is 8.95. The Hall–Kier alpha value is -2.49. The van der Waals surface area contributed by atoms with Crippen molar-refractivity contribution in [1.82, 2.24) is 4.31 Å². The standard InChI is InChI=1S/C18H18FNO6S/c1-24-16-7-2-13(18(21)26-15-5-3-14(19)4-6-15)12-17(16)27(22,23)20-8-10-25-11-9-20/h2-7,12H,8-11H2,1H3. The summed E-state index contributed by atoms with van der Waals surface area (Å²) in [7, 11) is -2.52. The van der Waals surface area contributed by atoms with Gasteiger partial charge in [0.1, 0.15) is 22.2 Å². The Bertz CT molecular complexity index is 923. The van der Waals surface area contributed by atoms with Gasteiger partial charge in [-0.1, -0.05) is 0 Å². The maximum absolute atomic E-state index is 13.0. The normalized spacial score (nSPS) is 15.3. The van der Waals surface area contributed by atoms with E-state index in [0.29, 0.717) is 13.2 Å². The number of hydrogen-bond donors (Lipinski definition) is 0. The lowest BCUT2D eigenvalue weighted by atomic mass is 10.2. The van der Waals surface area contributed by atoms with E-state index in [9.17, 15) is 17.6 Å². The van der Waals surface area contributed by atoms with Crippen LogP contribution in [0, 0.1) is 5.82 Å². The Morgan fingerprint density at radius 3 is 2.41 bits per heavy atom. The first-order valence-electron chi connectivity index (χ1n) is 8.15. The van der Waals surface area contributed by atoms with Crippen LogP contribution in [0.4, 0.5) is 4.39 Å². The molecule has 0 atom stereocenters. The highest BCUT2D eigenvalue weighted by atomic mass is 32.2. The second-order valence-corrected chi connectivity index (χ2v) is 7.63. The second kappa shape index (κ2) is 8.03. The van der Waals surface area contributed by atoms with Gasteiger partial charge in [0.15, 0.2) is 0 Å². The highest BCUT2D eigenvalue weighted by Gasteiger charge is 2.30. The Labute approximate surface area is 156 Å². The van der Waals surface area contributed by atoms with Crippen molar-refractivity contribution < 1.29 is 31.8 Å². The van der Waals surface area contributed by atoms with Crippen LogP contribution in [0.5, 0.6) is 11.5 Å². The van der Waals surface area contributed by atoms with Crippen LogP contribution in [0.2, 0.25) is 0 Å². The third-order valence-electron chi connectivity index (χ3n) is 4.01. The molecule has 1 heterocycles. The van der Waals surface area contributed by atoms with Crippen LogP contribution < -0.4 is 9.47 Å². The van der Waals surface area contributed by atoms with Gasteiger partial charge >= 0.3 is 5.97 Å². The zero-order chi connectivity index (χ0) is 19.4. The molecule has 0 N–H and O–H groups in total. The molecule has 9 heteroatoms. The topological polar surface area (TPSA) is 82.1 Å². The molecule has 0 radical (unpaired) electrons. The summed E-state index contributed by atoms with van der Waals surface area (Å²) in [4.78, 5) is 12.2. The summed E-state index contributed by atoms with van der Waals surface area (Å²) < 4.78 is 55.6. The monoisotopic (exact) mass is 395 g/mol. The van der Waals surface area contributed by atoms with Gasteiger partial charge in [0.05, 0.1) is 25.9 Å². The van der Waals surface area contributed by atoms with E-state index in [1.807, 2.05) is 0 Å². The molecule has 3 rings (SSSR count). The van der Waals surface area contributed by atoms with Gasteiger partial charge in [-0.3, -0.25) is 0 Å². The molecule has 0 amide bonds. The largest absolute Gasteiger partial charge is 0.495 e. The summed E-state index contributed by atoms with van der Waals surface area (Å²) in [5.74, 6) is -0.949. The van der Waals surface area contributed by atoms with E-state index in [-0.39, 0.29) is 35.0 Å². The minimum atomic E-state index is -3.87. The van der Waals surface area contributed by atoms with E-state index in [1.165, 1.54) is 41.7 Å². The van der Waals surface area contributed by atoms with E-state index in [4.69, 9.17) is 14.2 Å².